The maximum Gasteiger partial charge on any atom is 0.243 e. The largest absolute Gasteiger partial charge is 0.496 e. The molecule has 1 heterocycles. The van der Waals surface area contributed by atoms with Crippen LogP contribution in [0, 0.1) is 19.8 Å². The van der Waals surface area contributed by atoms with Gasteiger partial charge in [0.2, 0.25) is 15.9 Å². The summed E-state index contributed by atoms with van der Waals surface area (Å²) in [5.41, 5.74) is 1.45. The van der Waals surface area contributed by atoms with Crippen LogP contribution in [0.2, 0.25) is 0 Å². The zero-order valence-corrected chi connectivity index (χ0v) is 17.4. The highest BCUT2D eigenvalue weighted by Gasteiger charge is 2.33. The standard InChI is InChI=1S/C19H30N2O5S/c1-14-13-18(15(2)12-17(14)26-4)27(23,24)21-9-6-16(7-10-21)19(22)20-8-5-11-25-3/h12-13,16H,5-11H2,1-4H3,(H,20,22). The van der Waals surface area contributed by atoms with Crippen LogP contribution in [0.5, 0.6) is 5.75 Å². The van der Waals surface area contributed by atoms with Crippen LogP contribution >= 0.6 is 0 Å². The van der Waals surface area contributed by atoms with E-state index in [4.69, 9.17) is 9.47 Å². The lowest BCUT2D eigenvalue weighted by molar-refractivity contribution is -0.126. The number of nitrogens with one attached hydrogen (secondary N) is 1. The number of benzene rings is 1. The third kappa shape index (κ3) is 5.21. The molecule has 0 unspecified atom stereocenters. The first-order chi connectivity index (χ1) is 12.8. The van der Waals surface area contributed by atoms with Gasteiger partial charge in [-0.15, -0.1) is 0 Å². The third-order valence-electron chi connectivity index (χ3n) is 4.96. The van der Waals surface area contributed by atoms with Gasteiger partial charge in [-0.3, -0.25) is 4.79 Å². The Labute approximate surface area is 162 Å². The highest BCUT2D eigenvalue weighted by molar-refractivity contribution is 7.89. The summed E-state index contributed by atoms with van der Waals surface area (Å²) >= 11 is 0. The summed E-state index contributed by atoms with van der Waals surface area (Å²) in [5, 5.41) is 2.90. The van der Waals surface area contributed by atoms with Gasteiger partial charge in [-0.05, 0) is 56.4 Å². The van der Waals surface area contributed by atoms with E-state index in [2.05, 4.69) is 5.32 Å². The molecule has 1 aliphatic heterocycles. The summed E-state index contributed by atoms with van der Waals surface area (Å²) in [4.78, 5) is 12.5. The number of carbonyl (C=O) groups is 1. The average Bonchev–Trinajstić information content (AvgIpc) is 2.66. The van der Waals surface area contributed by atoms with Crippen LogP contribution in [0.4, 0.5) is 0 Å². The second-order valence-electron chi connectivity index (χ2n) is 6.90. The summed E-state index contributed by atoms with van der Waals surface area (Å²) < 4.78 is 37.8. The SMILES string of the molecule is COCCCNC(=O)C1CCN(S(=O)(=O)c2cc(C)c(OC)cc2C)CC1. The average molecular weight is 399 g/mol. The van der Waals surface area contributed by atoms with Crippen LogP contribution in [0.3, 0.4) is 0 Å². The summed E-state index contributed by atoms with van der Waals surface area (Å²) in [7, 11) is -0.385. The van der Waals surface area contributed by atoms with Crippen LogP contribution < -0.4 is 10.1 Å². The van der Waals surface area contributed by atoms with Gasteiger partial charge in [-0.1, -0.05) is 0 Å². The summed E-state index contributed by atoms with van der Waals surface area (Å²) in [5.74, 6) is 0.535. The number of rotatable bonds is 8. The Morgan fingerprint density at radius 2 is 1.85 bits per heavy atom. The minimum absolute atomic E-state index is 0.000349. The zero-order chi connectivity index (χ0) is 20.0. The van der Waals surface area contributed by atoms with Gasteiger partial charge in [-0.2, -0.15) is 4.31 Å². The molecule has 8 heteroatoms. The predicted molar refractivity (Wildman–Crippen MR) is 103 cm³/mol. The van der Waals surface area contributed by atoms with Crippen molar-refractivity contribution in [3.8, 4) is 5.75 Å². The van der Waals surface area contributed by atoms with Crippen LogP contribution in [-0.2, 0) is 19.6 Å². The highest BCUT2D eigenvalue weighted by atomic mass is 32.2. The van der Waals surface area contributed by atoms with E-state index in [1.165, 1.54) is 4.31 Å². The molecule has 1 aromatic rings. The minimum Gasteiger partial charge on any atom is -0.496 e. The number of methoxy groups -OCH3 is 2. The Hall–Kier alpha value is -1.64. The number of ether oxygens (including phenoxy) is 2. The van der Waals surface area contributed by atoms with Gasteiger partial charge < -0.3 is 14.8 Å². The number of amides is 1. The van der Waals surface area contributed by atoms with E-state index in [0.717, 1.165) is 12.0 Å². The lowest BCUT2D eigenvalue weighted by atomic mass is 9.97. The second kappa shape index (κ2) is 9.52. The fraction of sp³-hybridized carbons (Fsp3) is 0.632. The van der Waals surface area contributed by atoms with Gasteiger partial charge in [0.15, 0.2) is 0 Å². The van der Waals surface area contributed by atoms with Gasteiger partial charge in [-0.25, -0.2) is 8.42 Å². The van der Waals surface area contributed by atoms with Crippen molar-refractivity contribution in [3.63, 3.8) is 0 Å². The van der Waals surface area contributed by atoms with Crippen molar-refractivity contribution in [1.82, 2.24) is 9.62 Å². The maximum absolute atomic E-state index is 13.1. The molecule has 27 heavy (non-hydrogen) atoms. The molecule has 0 radical (unpaired) electrons. The predicted octanol–water partition coefficient (Wildman–Crippen LogP) is 1.87. The van der Waals surface area contributed by atoms with E-state index < -0.39 is 10.0 Å². The molecular formula is C19H30N2O5S. The lowest BCUT2D eigenvalue weighted by Gasteiger charge is -2.31. The van der Waals surface area contributed by atoms with Crippen molar-refractivity contribution in [2.45, 2.75) is 38.0 Å². The molecule has 7 nitrogen and oxygen atoms in total. The fourth-order valence-electron chi connectivity index (χ4n) is 3.33. The topological polar surface area (TPSA) is 84.9 Å². The number of sulfonamides is 1. The Morgan fingerprint density at radius 1 is 1.19 bits per heavy atom. The smallest absolute Gasteiger partial charge is 0.243 e. The molecule has 1 aliphatic rings. The fourth-order valence-corrected chi connectivity index (χ4v) is 5.09. The van der Waals surface area contributed by atoms with Crippen molar-refractivity contribution >= 4 is 15.9 Å². The Kier molecular flexibility index (Phi) is 7.64. The van der Waals surface area contributed by atoms with Crippen molar-refractivity contribution < 1.29 is 22.7 Å². The first-order valence-corrected chi connectivity index (χ1v) is 10.7. The molecule has 1 aromatic carbocycles. The minimum atomic E-state index is -3.58. The van der Waals surface area contributed by atoms with Gasteiger partial charge in [0, 0.05) is 39.3 Å². The van der Waals surface area contributed by atoms with Crippen LogP contribution in [0.25, 0.3) is 0 Å². The summed E-state index contributed by atoms with van der Waals surface area (Å²) in [6.07, 6.45) is 1.83. The highest BCUT2D eigenvalue weighted by Crippen LogP contribution is 2.30. The van der Waals surface area contributed by atoms with Crippen LogP contribution in [0.15, 0.2) is 17.0 Å². The molecule has 0 aliphatic carbocycles. The van der Waals surface area contributed by atoms with Gasteiger partial charge in [0.05, 0.1) is 12.0 Å². The van der Waals surface area contributed by atoms with Crippen molar-refractivity contribution in [2.24, 2.45) is 5.92 Å². The number of aryl methyl sites for hydroxylation is 2. The molecule has 1 amide bonds. The molecule has 1 fully saturated rings. The molecule has 152 valence electrons. The first-order valence-electron chi connectivity index (χ1n) is 9.23. The third-order valence-corrected chi connectivity index (χ3v) is 7.00. The van der Waals surface area contributed by atoms with Gasteiger partial charge >= 0.3 is 0 Å². The number of carbonyl (C=O) groups excluding carboxylic acids is 1. The summed E-state index contributed by atoms with van der Waals surface area (Å²) in [6.45, 7) is 5.49. The number of nitrogens with zero attached hydrogens (tertiary/aromatic N) is 1. The Bertz CT molecular complexity index is 756. The molecule has 0 spiro atoms. The van der Waals surface area contributed by atoms with Crippen molar-refractivity contribution in [2.75, 3.05) is 40.5 Å². The van der Waals surface area contributed by atoms with E-state index in [-0.39, 0.29) is 11.8 Å². The van der Waals surface area contributed by atoms with E-state index in [1.54, 1.807) is 33.3 Å². The van der Waals surface area contributed by atoms with Gasteiger partial charge in [0.25, 0.3) is 0 Å². The quantitative estimate of drug-likeness (QED) is 0.676. The first kappa shape index (κ1) is 21.7. The maximum atomic E-state index is 13.1. The van der Waals surface area contributed by atoms with Crippen molar-refractivity contribution in [3.05, 3.63) is 23.3 Å². The number of hydrogen-bond donors (Lipinski definition) is 1. The number of hydrogen-bond acceptors (Lipinski definition) is 5. The lowest BCUT2D eigenvalue weighted by Crippen LogP contribution is -2.43. The Morgan fingerprint density at radius 3 is 2.44 bits per heavy atom. The molecule has 0 atom stereocenters. The van der Waals surface area contributed by atoms with Gasteiger partial charge in [0.1, 0.15) is 5.75 Å². The van der Waals surface area contributed by atoms with E-state index in [0.29, 0.717) is 55.3 Å². The molecule has 1 saturated heterocycles. The molecular weight excluding hydrogens is 368 g/mol. The second-order valence-corrected chi connectivity index (χ2v) is 8.81. The molecule has 0 bridgehead atoms. The van der Waals surface area contributed by atoms with Crippen LogP contribution in [0.1, 0.15) is 30.4 Å². The normalized spacial score (nSPS) is 16.3. The molecule has 0 saturated carbocycles. The number of piperidine rings is 1. The van der Waals surface area contributed by atoms with Crippen molar-refractivity contribution in [1.29, 1.82) is 0 Å². The van der Waals surface area contributed by atoms with E-state index in [1.807, 2.05) is 6.92 Å². The molecule has 1 N–H and O–H groups in total. The van der Waals surface area contributed by atoms with E-state index in [9.17, 15) is 13.2 Å². The monoisotopic (exact) mass is 398 g/mol. The molecule has 0 aromatic heterocycles. The molecule has 2 rings (SSSR count). The van der Waals surface area contributed by atoms with E-state index >= 15 is 0 Å². The summed E-state index contributed by atoms with van der Waals surface area (Å²) in [6, 6.07) is 3.42. The van der Waals surface area contributed by atoms with Crippen LogP contribution in [-0.4, -0.2) is 59.1 Å². The Balaban J connectivity index is 2.00. The zero-order valence-electron chi connectivity index (χ0n) is 16.6.